The predicted molar refractivity (Wildman–Crippen MR) is 129 cm³/mol. The van der Waals surface area contributed by atoms with Crippen LogP contribution in [0.4, 0.5) is 17.2 Å². The van der Waals surface area contributed by atoms with Crippen molar-refractivity contribution in [3.05, 3.63) is 41.5 Å². The van der Waals surface area contributed by atoms with Gasteiger partial charge in [0.05, 0.1) is 33.1 Å². The van der Waals surface area contributed by atoms with Gasteiger partial charge in [-0.2, -0.15) is 0 Å². The van der Waals surface area contributed by atoms with E-state index in [0.29, 0.717) is 17.4 Å². The van der Waals surface area contributed by atoms with E-state index in [4.69, 9.17) is 0 Å². The van der Waals surface area contributed by atoms with Gasteiger partial charge in [0.2, 0.25) is 0 Å². The second-order valence-corrected chi connectivity index (χ2v) is 9.77. The molecular formula is C24H29N5O2S. The first-order chi connectivity index (χ1) is 15.6. The summed E-state index contributed by atoms with van der Waals surface area (Å²) in [4.78, 5) is 22.0. The molecule has 2 saturated carbocycles. The number of hydrogen-bond acceptors (Lipinski definition) is 7. The predicted octanol–water partition coefficient (Wildman–Crippen LogP) is 4.82. The molecule has 1 aromatic carbocycles. The summed E-state index contributed by atoms with van der Waals surface area (Å²) in [7, 11) is 0. The van der Waals surface area contributed by atoms with Crippen LogP contribution in [-0.4, -0.2) is 39.2 Å². The molecule has 32 heavy (non-hydrogen) atoms. The van der Waals surface area contributed by atoms with Crippen LogP contribution in [0.1, 0.15) is 61.7 Å². The van der Waals surface area contributed by atoms with E-state index in [2.05, 4.69) is 32.0 Å². The molecule has 0 atom stereocenters. The van der Waals surface area contributed by atoms with Crippen LogP contribution in [0.15, 0.2) is 36.0 Å². The lowest BCUT2D eigenvalue weighted by Crippen LogP contribution is -2.39. The summed E-state index contributed by atoms with van der Waals surface area (Å²) in [6.07, 6.45) is 9.20. The number of hydrogen-bond donors (Lipinski definition) is 4. The normalized spacial score (nSPS) is 21.5. The summed E-state index contributed by atoms with van der Waals surface area (Å²) in [6, 6.07) is 8.48. The number of nitrogens with zero attached hydrogens (tertiary/aromatic N) is 2. The number of amides is 1. The molecule has 0 aliphatic heterocycles. The quantitative estimate of drug-likeness (QED) is 0.429. The van der Waals surface area contributed by atoms with Crippen LogP contribution in [-0.2, 0) is 0 Å². The maximum absolute atomic E-state index is 13.1. The third-order valence-electron chi connectivity index (χ3n) is 6.50. The lowest BCUT2D eigenvalue weighted by Gasteiger charge is -2.26. The average molecular weight is 452 g/mol. The van der Waals surface area contributed by atoms with Crippen molar-refractivity contribution >= 4 is 44.7 Å². The molecule has 0 unspecified atom stereocenters. The standard InChI is InChI=1S/C24H29N5O2S/c30-18-8-5-16(6-9-18)29-24(31)19-13-25-23(12-21(19)27-15-3-1-2-4-15)28-17-7-10-20-22(11-17)32-14-26-20/h7,10-16,18,30H,1-6,8-9H2,(H,29,31)(H2,25,27,28). The third kappa shape index (κ3) is 4.86. The molecule has 2 aromatic heterocycles. The molecule has 3 aromatic rings. The highest BCUT2D eigenvalue weighted by atomic mass is 32.1. The molecule has 4 N–H and O–H groups in total. The largest absolute Gasteiger partial charge is 0.393 e. The molecule has 8 heteroatoms. The summed E-state index contributed by atoms with van der Waals surface area (Å²) in [5.41, 5.74) is 5.17. The summed E-state index contributed by atoms with van der Waals surface area (Å²) >= 11 is 1.61. The zero-order valence-corrected chi connectivity index (χ0v) is 18.8. The zero-order valence-electron chi connectivity index (χ0n) is 18.0. The number of nitrogens with one attached hydrogen (secondary N) is 3. The van der Waals surface area contributed by atoms with Crippen molar-refractivity contribution in [3.63, 3.8) is 0 Å². The average Bonchev–Trinajstić information content (AvgIpc) is 3.47. The Kier molecular flexibility index (Phi) is 6.23. The van der Waals surface area contributed by atoms with Gasteiger partial charge < -0.3 is 21.1 Å². The van der Waals surface area contributed by atoms with Crippen molar-refractivity contribution in [2.45, 2.75) is 69.6 Å². The van der Waals surface area contributed by atoms with Gasteiger partial charge >= 0.3 is 0 Å². The van der Waals surface area contributed by atoms with Crippen LogP contribution in [0, 0.1) is 0 Å². The molecule has 7 nitrogen and oxygen atoms in total. The van der Waals surface area contributed by atoms with Gasteiger partial charge in [-0.3, -0.25) is 4.79 Å². The second kappa shape index (κ2) is 9.42. The Morgan fingerprint density at radius 1 is 1.00 bits per heavy atom. The minimum absolute atomic E-state index is 0.1000. The number of thiazole rings is 1. The molecular weight excluding hydrogens is 422 g/mol. The molecule has 5 rings (SSSR count). The van der Waals surface area contributed by atoms with E-state index in [1.165, 1.54) is 12.8 Å². The number of aliphatic hydroxyl groups excluding tert-OH is 1. The lowest BCUT2D eigenvalue weighted by molar-refractivity contribution is 0.0868. The van der Waals surface area contributed by atoms with Gasteiger partial charge in [0.25, 0.3) is 5.91 Å². The summed E-state index contributed by atoms with van der Waals surface area (Å²) in [6.45, 7) is 0. The minimum Gasteiger partial charge on any atom is -0.393 e. The monoisotopic (exact) mass is 451 g/mol. The van der Waals surface area contributed by atoms with Crippen LogP contribution < -0.4 is 16.0 Å². The fraction of sp³-hybridized carbons (Fsp3) is 0.458. The van der Waals surface area contributed by atoms with Gasteiger partial charge in [-0.1, -0.05) is 12.8 Å². The highest BCUT2D eigenvalue weighted by Crippen LogP contribution is 2.29. The number of pyridine rings is 1. The fourth-order valence-corrected chi connectivity index (χ4v) is 5.39. The van der Waals surface area contributed by atoms with E-state index >= 15 is 0 Å². The van der Waals surface area contributed by atoms with Gasteiger partial charge in [0.15, 0.2) is 0 Å². The Hall–Kier alpha value is -2.71. The molecule has 168 valence electrons. The summed E-state index contributed by atoms with van der Waals surface area (Å²) in [5, 5.41) is 19.9. The zero-order chi connectivity index (χ0) is 21.9. The van der Waals surface area contributed by atoms with Crippen LogP contribution in [0.2, 0.25) is 0 Å². The maximum Gasteiger partial charge on any atom is 0.255 e. The van der Waals surface area contributed by atoms with Crippen molar-refractivity contribution in [2.75, 3.05) is 10.6 Å². The lowest BCUT2D eigenvalue weighted by atomic mass is 9.93. The Bertz CT molecular complexity index is 1090. The van der Waals surface area contributed by atoms with Crippen molar-refractivity contribution in [2.24, 2.45) is 0 Å². The van der Waals surface area contributed by atoms with E-state index in [0.717, 1.165) is 60.1 Å². The molecule has 1 amide bonds. The minimum atomic E-state index is -0.237. The van der Waals surface area contributed by atoms with Crippen LogP contribution >= 0.6 is 11.3 Å². The van der Waals surface area contributed by atoms with E-state index in [1.54, 1.807) is 17.5 Å². The summed E-state index contributed by atoms with van der Waals surface area (Å²) < 4.78 is 1.12. The van der Waals surface area contributed by atoms with Crippen molar-refractivity contribution < 1.29 is 9.90 Å². The molecule has 2 aliphatic carbocycles. The SMILES string of the molecule is O=C(NC1CCC(O)CC1)c1cnc(Nc2ccc3ncsc3c2)cc1NC1CCCC1. The summed E-state index contributed by atoms with van der Waals surface area (Å²) in [5.74, 6) is 0.601. The van der Waals surface area contributed by atoms with Gasteiger partial charge in [0.1, 0.15) is 5.82 Å². The van der Waals surface area contributed by atoms with E-state index < -0.39 is 0 Å². The van der Waals surface area contributed by atoms with Crippen LogP contribution in [0.3, 0.4) is 0 Å². The molecule has 2 fully saturated rings. The maximum atomic E-state index is 13.1. The Morgan fingerprint density at radius 3 is 2.62 bits per heavy atom. The Labute approximate surface area is 191 Å². The number of fused-ring (bicyclic) bond motifs is 1. The Balaban J connectivity index is 1.36. The number of carbonyl (C=O) groups excluding carboxylic acids is 1. The van der Waals surface area contributed by atoms with Gasteiger partial charge in [0, 0.05) is 30.0 Å². The first-order valence-electron chi connectivity index (χ1n) is 11.5. The number of anilines is 3. The molecule has 0 spiro atoms. The molecule has 0 radical (unpaired) electrons. The van der Waals surface area contributed by atoms with E-state index in [-0.39, 0.29) is 18.1 Å². The topological polar surface area (TPSA) is 99.2 Å². The second-order valence-electron chi connectivity index (χ2n) is 8.88. The van der Waals surface area contributed by atoms with Crippen molar-refractivity contribution in [1.29, 1.82) is 0 Å². The third-order valence-corrected chi connectivity index (χ3v) is 7.29. The van der Waals surface area contributed by atoms with E-state index in [9.17, 15) is 9.90 Å². The first-order valence-corrected chi connectivity index (χ1v) is 12.4. The number of carbonyl (C=O) groups is 1. The van der Waals surface area contributed by atoms with Gasteiger partial charge in [-0.15, -0.1) is 11.3 Å². The molecule has 0 saturated heterocycles. The van der Waals surface area contributed by atoms with Crippen molar-refractivity contribution in [1.82, 2.24) is 15.3 Å². The Morgan fingerprint density at radius 2 is 1.81 bits per heavy atom. The number of aromatic nitrogens is 2. The number of aliphatic hydroxyl groups is 1. The first kappa shape index (κ1) is 21.2. The molecule has 0 bridgehead atoms. The highest BCUT2D eigenvalue weighted by Gasteiger charge is 2.24. The van der Waals surface area contributed by atoms with Crippen molar-refractivity contribution in [3.8, 4) is 0 Å². The highest BCUT2D eigenvalue weighted by molar-refractivity contribution is 7.16. The molecule has 2 heterocycles. The smallest absolute Gasteiger partial charge is 0.255 e. The van der Waals surface area contributed by atoms with Crippen LogP contribution in [0.25, 0.3) is 10.2 Å². The van der Waals surface area contributed by atoms with Gasteiger partial charge in [-0.05, 0) is 56.7 Å². The molecule has 2 aliphatic rings. The fourth-order valence-electron chi connectivity index (χ4n) is 4.68. The number of benzene rings is 1. The number of rotatable bonds is 6. The van der Waals surface area contributed by atoms with E-state index in [1.807, 2.05) is 23.7 Å². The van der Waals surface area contributed by atoms with Crippen LogP contribution in [0.5, 0.6) is 0 Å². The van der Waals surface area contributed by atoms with Gasteiger partial charge in [-0.25, -0.2) is 9.97 Å².